The number of carbonyl (C=O) groups is 2. The van der Waals surface area contributed by atoms with Crippen molar-refractivity contribution < 1.29 is 14.5 Å². The van der Waals surface area contributed by atoms with Crippen LogP contribution in [0.15, 0.2) is 22.7 Å². The van der Waals surface area contributed by atoms with E-state index in [2.05, 4.69) is 15.9 Å². The molecule has 0 aliphatic heterocycles. The van der Waals surface area contributed by atoms with Gasteiger partial charge in [0, 0.05) is 22.6 Å². The molecule has 0 saturated carbocycles. The Morgan fingerprint density at radius 1 is 1.45 bits per heavy atom. The second kappa shape index (κ2) is 6.47. The van der Waals surface area contributed by atoms with E-state index >= 15 is 0 Å². The summed E-state index contributed by atoms with van der Waals surface area (Å²) in [4.78, 5) is 34.8. The van der Waals surface area contributed by atoms with Crippen molar-refractivity contribution >= 4 is 33.4 Å². The fourth-order valence-electron chi connectivity index (χ4n) is 1.60. The quantitative estimate of drug-likeness (QED) is 0.648. The van der Waals surface area contributed by atoms with Gasteiger partial charge in [0.15, 0.2) is 0 Å². The third-order valence-electron chi connectivity index (χ3n) is 2.60. The first kappa shape index (κ1) is 16.1. The van der Waals surface area contributed by atoms with Gasteiger partial charge in [-0.2, -0.15) is 0 Å². The zero-order valence-electron chi connectivity index (χ0n) is 11.0. The van der Waals surface area contributed by atoms with Crippen LogP contribution in [0.5, 0.6) is 0 Å². The van der Waals surface area contributed by atoms with Crippen LogP contribution in [0, 0.1) is 10.1 Å². The predicted molar refractivity (Wildman–Crippen MR) is 76.2 cm³/mol. The van der Waals surface area contributed by atoms with Crippen molar-refractivity contribution in [2.45, 2.75) is 19.9 Å². The normalized spacial score (nSPS) is 10.4. The Balaban J connectivity index is 3.20. The van der Waals surface area contributed by atoms with Gasteiger partial charge in [0.05, 0.1) is 17.0 Å². The first-order chi connectivity index (χ1) is 9.23. The maximum absolute atomic E-state index is 12.4. The van der Waals surface area contributed by atoms with Crippen LogP contribution in [-0.2, 0) is 4.79 Å². The molecule has 0 atom stereocenters. The molecule has 20 heavy (non-hydrogen) atoms. The van der Waals surface area contributed by atoms with Crippen LogP contribution >= 0.6 is 15.9 Å². The van der Waals surface area contributed by atoms with E-state index in [4.69, 9.17) is 5.73 Å². The van der Waals surface area contributed by atoms with E-state index in [1.54, 1.807) is 13.8 Å². The number of hydrogen-bond donors (Lipinski definition) is 1. The molecule has 1 aromatic carbocycles. The summed E-state index contributed by atoms with van der Waals surface area (Å²) < 4.78 is 0.420. The minimum Gasteiger partial charge on any atom is -0.368 e. The van der Waals surface area contributed by atoms with Gasteiger partial charge in [0.2, 0.25) is 5.91 Å². The molecule has 1 aromatic rings. The van der Waals surface area contributed by atoms with Crippen molar-refractivity contribution in [3.8, 4) is 0 Å². The second-order valence-electron chi connectivity index (χ2n) is 4.41. The van der Waals surface area contributed by atoms with Crippen LogP contribution in [0.1, 0.15) is 24.2 Å². The number of primary amides is 1. The van der Waals surface area contributed by atoms with Crippen LogP contribution in [0.3, 0.4) is 0 Å². The summed E-state index contributed by atoms with van der Waals surface area (Å²) in [6.45, 7) is 3.21. The van der Waals surface area contributed by atoms with Crippen molar-refractivity contribution in [3.05, 3.63) is 38.3 Å². The van der Waals surface area contributed by atoms with Gasteiger partial charge in [0.1, 0.15) is 0 Å². The Morgan fingerprint density at radius 3 is 2.50 bits per heavy atom. The molecule has 0 fully saturated rings. The molecule has 0 radical (unpaired) electrons. The van der Waals surface area contributed by atoms with Crippen molar-refractivity contribution in [1.29, 1.82) is 0 Å². The fraction of sp³-hybridized carbons (Fsp3) is 0.333. The number of halogens is 1. The van der Waals surface area contributed by atoms with Crippen LogP contribution < -0.4 is 5.73 Å². The molecule has 1 rings (SSSR count). The van der Waals surface area contributed by atoms with E-state index in [1.165, 1.54) is 23.1 Å². The van der Waals surface area contributed by atoms with Crippen LogP contribution in [0.4, 0.5) is 5.69 Å². The molecule has 0 heterocycles. The van der Waals surface area contributed by atoms with E-state index in [1.807, 2.05) is 0 Å². The average Bonchev–Trinajstić information content (AvgIpc) is 2.34. The average molecular weight is 344 g/mol. The maximum Gasteiger partial charge on any atom is 0.270 e. The number of carbonyl (C=O) groups excluding carboxylic acids is 2. The maximum atomic E-state index is 12.4. The van der Waals surface area contributed by atoms with Gasteiger partial charge in [-0.1, -0.05) is 0 Å². The Morgan fingerprint density at radius 2 is 2.05 bits per heavy atom. The Labute approximate surface area is 124 Å². The predicted octanol–water partition coefficient (Wildman–Crippen LogP) is 1.69. The van der Waals surface area contributed by atoms with Gasteiger partial charge in [-0.15, -0.1) is 0 Å². The molecule has 8 heteroatoms. The molecule has 2 N–H and O–H groups in total. The summed E-state index contributed by atoms with van der Waals surface area (Å²) in [5.41, 5.74) is 5.03. The minimum atomic E-state index is -0.645. The van der Waals surface area contributed by atoms with E-state index in [9.17, 15) is 19.7 Å². The summed E-state index contributed by atoms with van der Waals surface area (Å²) >= 11 is 3.18. The number of nitro benzene ring substituents is 1. The first-order valence-electron chi connectivity index (χ1n) is 5.77. The van der Waals surface area contributed by atoms with Crippen molar-refractivity contribution in [1.82, 2.24) is 4.90 Å². The second-order valence-corrected chi connectivity index (χ2v) is 5.27. The number of nitro groups is 1. The molecule has 0 spiro atoms. The summed E-state index contributed by atoms with van der Waals surface area (Å²) in [5, 5.41) is 10.8. The van der Waals surface area contributed by atoms with E-state index in [0.29, 0.717) is 4.47 Å². The third-order valence-corrected chi connectivity index (χ3v) is 3.29. The number of benzene rings is 1. The molecular weight excluding hydrogens is 330 g/mol. The van der Waals surface area contributed by atoms with E-state index in [-0.39, 0.29) is 23.8 Å². The van der Waals surface area contributed by atoms with Crippen molar-refractivity contribution in [2.75, 3.05) is 6.54 Å². The zero-order valence-corrected chi connectivity index (χ0v) is 12.6. The number of nitrogens with two attached hydrogens (primary N) is 1. The topological polar surface area (TPSA) is 107 Å². The van der Waals surface area contributed by atoms with Crippen molar-refractivity contribution in [3.63, 3.8) is 0 Å². The number of non-ortho nitro benzene ring substituents is 1. The highest BCUT2D eigenvalue weighted by molar-refractivity contribution is 9.10. The molecular formula is C12H14BrN3O4. The van der Waals surface area contributed by atoms with Gasteiger partial charge in [-0.25, -0.2) is 0 Å². The molecule has 0 unspecified atom stereocenters. The number of rotatable bonds is 5. The molecule has 7 nitrogen and oxygen atoms in total. The lowest BCUT2D eigenvalue weighted by molar-refractivity contribution is -0.384. The van der Waals surface area contributed by atoms with Crippen LogP contribution in [0.25, 0.3) is 0 Å². The summed E-state index contributed by atoms with van der Waals surface area (Å²) in [6.07, 6.45) is 0. The van der Waals surface area contributed by atoms with Crippen molar-refractivity contribution in [2.24, 2.45) is 5.73 Å². The molecule has 0 saturated heterocycles. The number of hydrogen-bond acceptors (Lipinski definition) is 4. The standard InChI is InChI=1S/C12H14BrN3O4/c1-7(2)15(6-11(14)17)12(18)9-5-8(16(19)20)3-4-10(9)13/h3-5,7H,6H2,1-2H3,(H2,14,17). The van der Waals surface area contributed by atoms with Gasteiger partial charge < -0.3 is 10.6 Å². The van der Waals surface area contributed by atoms with Gasteiger partial charge in [-0.3, -0.25) is 19.7 Å². The summed E-state index contributed by atoms with van der Waals surface area (Å²) in [5.74, 6) is -1.14. The highest BCUT2D eigenvalue weighted by Crippen LogP contribution is 2.24. The highest BCUT2D eigenvalue weighted by atomic mass is 79.9. The largest absolute Gasteiger partial charge is 0.368 e. The minimum absolute atomic E-state index is 0.120. The lowest BCUT2D eigenvalue weighted by Gasteiger charge is -2.25. The summed E-state index contributed by atoms with van der Waals surface area (Å²) in [6, 6.07) is 3.62. The Kier molecular flexibility index (Phi) is 5.20. The Hall–Kier alpha value is -1.96. The highest BCUT2D eigenvalue weighted by Gasteiger charge is 2.24. The zero-order chi connectivity index (χ0) is 15.4. The number of nitrogens with zero attached hydrogens (tertiary/aromatic N) is 2. The molecule has 0 aliphatic rings. The fourth-order valence-corrected chi connectivity index (χ4v) is 2.02. The van der Waals surface area contributed by atoms with Gasteiger partial charge >= 0.3 is 0 Å². The lowest BCUT2D eigenvalue weighted by Crippen LogP contribution is -2.42. The summed E-state index contributed by atoms with van der Waals surface area (Å²) in [7, 11) is 0. The molecule has 0 aromatic heterocycles. The first-order valence-corrected chi connectivity index (χ1v) is 6.56. The van der Waals surface area contributed by atoms with Crippen LogP contribution in [0.2, 0.25) is 0 Å². The SMILES string of the molecule is CC(C)N(CC(N)=O)C(=O)c1cc([N+](=O)[O-])ccc1Br. The van der Waals surface area contributed by atoms with Gasteiger partial charge in [0.25, 0.3) is 11.6 Å². The van der Waals surface area contributed by atoms with E-state index < -0.39 is 16.7 Å². The monoisotopic (exact) mass is 343 g/mol. The van der Waals surface area contributed by atoms with E-state index in [0.717, 1.165) is 0 Å². The third kappa shape index (κ3) is 3.77. The smallest absolute Gasteiger partial charge is 0.270 e. The van der Waals surface area contributed by atoms with Gasteiger partial charge in [-0.05, 0) is 35.8 Å². The molecule has 108 valence electrons. The Bertz CT molecular complexity index is 560. The number of amides is 2. The lowest BCUT2D eigenvalue weighted by atomic mass is 10.1. The molecule has 0 bridgehead atoms. The molecule has 0 aliphatic carbocycles. The molecule has 2 amide bonds. The van der Waals surface area contributed by atoms with Crippen LogP contribution in [-0.4, -0.2) is 34.2 Å².